The summed E-state index contributed by atoms with van der Waals surface area (Å²) >= 11 is 0. The zero-order valence-electron chi connectivity index (χ0n) is 20.3. The predicted octanol–water partition coefficient (Wildman–Crippen LogP) is 3.91. The van der Waals surface area contributed by atoms with Gasteiger partial charge in [0.05, 0.1) is 11.7 Å². The molecule has 0 spiro atoms. The van der Waals surface area contributed by atoms with E-state index < -0.39 is 11.8 Å². The highest BCUT2D eigenvalue weighted by atomic mass is 19.1. The molecule has 0 unspecified atom stereocenters. The Kier molecular flexibility index (Phi) is 8.46. The Hall–Kier alpha value is -3.17. The molecule has 34 heavy (non-hydrogen) atoms. The minimum atomic E-state index is -0.552. The molecular weight excluding hydrogens is 439 g/mol. The first-order chi connectivity index (χ1) is 16.2. The topological polar surface area (TPSA) is 83.1 Å². The van der Waals surface area contributed by atoms with E-state index in [2.05, 4.69) is 29.4 Å². The van der Waals surface area contributed by atoms with Gasteiger partial charge in [-0.1, -0.05) is 13.0 Å². The van der Waals surface area contributed by atoms with Gasteiger partial charge in [0.2, 0.25) is 0 Å². The molecule has 8 nitrogen and oxygen atoms in total. The van der Waals surface area contributed by atoms with Crippen LogP contribution in [0.4, 0.5) is 20.6 Å². The van der Waals surface area contributed by atoms with Gasteiger partial charge in [-0.2, -0.15) is 0 Å². The van der Waals surface area contributed by atoms with Crippen LogP contribution in [0.5, 0.6) is 5.75 Å². The SMILES string of the molecule is CO[C@@H]1CN(C)C(=O)c2cc(NC(=O)Nc3cccc(F)c3)ccc2OC[C@H](C)N(C)C[C@H]1C. The molecule has 0 radical (unpaired) electrons. The average molecular weight is 473 g/mol. The van der Waals surface area contributed by atoms with Gasteiger partial charge in [0.15, 0.2) is 0 Å². The molecule has 1 heterocycles. The molecular formula is C25H33FN4O4. The normalized spacial score (nSPS) is 22.1. The smallest absolute Gasteiger partial charge is 0.323 e. The second-order valence-corrected chi connectivity index (χ2v) is 8.84. The van der Waals surface area contributed by atoms with E-state index in [-0.39, 0.29) is 24.0 Å². The Morgan fingerprint density at radius 3 is 2.47 bits per heavy atom. The second kappa shape index (κ2) is 11.3. The highest BCUT2D eigenvalue weighted by molar-refractivity contribution is 6.02. The molecule has 3 rings (SSSR count). The number of nitrogens with zero attached hydrogens (tertiary/aromatic N) is 2. The number of carbonyl (C=O) groups excluding carboxylic acids is 2. The van der Waals surface area contributed by atoms with Gasteiger partial charge in [-0.15, -0.1) is 0 Å². The highest BCUT2D eigenvalue weighted by Gasteiger charge is 2.27. The lowest BCUT2D eigenvalue weighted by Crippen LogP contribution is -2.45. The Balaban J connectivity index is 1.85. The average Bonchev–Trinajstić information content (AvgIpc) is 2.79. The summed E-state index contributed by atoms with van der Waals surface area (Å²) in [6.45, 7) is 5.80. The van der Waals surface area contributed by atoms with Gasteiger partial charge in [0, 0.05) is 44.7 Å². The van der Waals surface area contributed by atoms with Gasteiger partial charge in [0.1, 0.15) is 18.2 Å². The molecule has 9 heteroatoms. The third kappa shape index (κ3) is 6.45. The van der Waals surface area contributed by atoms with Crippen molar-refractivity contribution in [2.45, 2.75) is 26.0 Å². The van der Waals surface area contributed by atoms with Crippen molar-refractivity contribution in [2.75, 3.05) is 51.5 Å². The van der Waals surface area contributed by atoms with Gasteiger partial charge >= 0.3 is 6.03 Å². The summed E-state index contributed by atoms with van der Waals surface area (Å²) in [7, 11) is 5.42. The zero-order chi connectivity index (χ0) is 24.8. The van der Waals surface area contributed by atoms with Crippen molar-refractivity contribution in [1.29, 1.82) is 0 Å². The Morgan fingerprint density at radius 2 is 1.79 bits per heavy atom. The summed E-state index contributed by atoms with van der Waals surface area (Å²) in [5, 5.41) is 5.27. The van der Waals surface area contributed by atoms with Crippen molar-refractivity contribution in [2.24, 2.45) is 5.92 Å². The van der Waals surface area contributed by atoms with E-state index in [0.717, 1.165) is 6.54 Å². The molecule has 0 bridgehead atoms. The second-order valence-electron chi connectivity index (χ2n) is 8.84. The van der Waals surface area contributed by atoms with Crippen molar-refractivity contribution in [3.63, 3.8) is 0 Å². The fourth-order valence-electron chi connectivity index (χ4n) is 3.90. The van der Waals surface area contributed by atoms with E-state index in [0.29, 0.717) is 35.8 Å². The summed E-state index contributed by atoms with van der Waals surface area (Å²) in [6.07, 6.45) is -0.134. The quantitative estimate of drug-likeness (QED) is 0.708. The number of benzene rings is 2. The van der Waals surface area contributed by atoms with Crippen LogP contribution >= 0.6 is 0 Å². The fourth-order valence-corrected chi connectivity index (χ4v) is 3.90. The summed E-state index contributed by atoms with van der Waals surface area (Å²) < 4.78 is 25.1. The highest BCUT2D eigenvalue weighted by Crippen LogP contribution is 2.26. The first-order valence-corrected chi connectivity index (χ1v) is 11.3. The number of likely N-dealkylation sites (N-methyl/N-ethyl adjacent to an activating group) is 2. The number of hydrogen-bond acceptors (Lipinski definition) is 5. The molecule has 3 atom stereocenters. The van der Waals surface area contributed by atoms with E-state index in [4.69, 9.17) is 9.47 Å². The number of carbonyl (C=O) groups is 2. The standard InChI is InChI=1S/C25H33FN4O4/c1-16-13-29(3)17(2)15-34-22-10-9-20(12-21(22)24(31)30(4)14-23(16)33-5)28-25(32)27-19-8-6-7-18(26)11-19/h6-12,16-17,23H,13-15H2,1-5H3,(H2,27,28,32)/t16-,17+,23-/m1/s1. The van der Waals surface area contributed by atoms with Crippen LogP contribution < -0.4 is 15.4 Å². The van der Waals surface area contributed by atoms with Gasteiger partial charge in [0.25, 0.3) is 5.91 Å². The van der Waals surface area contributed by atoms with E-state index in [9.17, 15) is 14.0 Å². The number of fused-ring (bicyclic) bond motifs is 1. The van der Waals surface area contributed by atoms with Crippen molar-refractivity contribution in [1.82, 2.24) is 9.80 Å². The molecule has 0 aliphatic carbocycles. The molecule has 184 valence electrons. The number of urea groups is 1. The third-order valence-corrected chi connectivity index (χ3v) is 6.10. The van der Waals surface area contributed by atoms with Crippen LogP contribution in [-0.4, -0.2) is 74.8 Å². The van der Waals surface area contributed by atoms with Gasteiger partial charge < -0.3 is 25.0 Å². The lowest BCUT2D eigenvalue weighted by molar-refractivity contribution is 0.0150. The van der Waals surface area contributed by atoms with E-state index >= 15 is 0 Å². The van der Waals surface area contributed by atoms with Crippen molar-refractivity contribution in [3.8, 4) is 5.75 Å². The molecule has 1 aliphatic heterocycles. The Labute approximate surface area is 200 Å². The van der Waals surface area contributed by atoms with Crippen molar-refractivity contribution < 1.29 is 23.5 Å². The maximum atomic E-state index is 13.4. The van der Waals surface area contributed by atoms with Crippen LogP contribution in [0.1, 0.15) is 24.2 Å². The molecule has 0 aromatic heterocycles. The number of halogens is 1. The van der Waals surface area contributed by atoms with Crippen LogP contribution in [0, 0.1) is 11.7 Å². The zero-order valence-corrected chi connectivity index (χ0v) is 20.3. The number of nitrogens with one attached hydrogen (secondary N) is 2. The van der Waals surface area contributed by atoms with Crippen LogP contribution in [0.2, 0.25) is 0 Å². The van der Waals surface area contributed by atoms with Gasteiger partial charge in [-0.3, -0.25) is 9.69 Å². The van der Waals surface area contributed by atoms with Crippen LogP contribution in [-0.2, 0) is 4.74 Å². The number of hydrogen-bond donors (Lipinski definition) is 2. The lowest BCUT2D eigenvalue weighted by Gasteiger charge is -2.34. The first kappa shape index (κ1) is 25.5. The fraction of sp³-hybridized carbons (Fsp3) is 0.440. The van der Waals surface area contributed by atoms with Gasteiger partial charge in [-0.05, 0) is 56.3 Å². The van der Waals surface area contributed by atoms with Gasteiger partial charge in [-0.25, -0.2) is 9.18 Å². The molecule has 3 amide bonds. The summed E-state index contributed by atoms with van der Waals surface area (Å²) in [5.41, 5.74) is 1.07. The maximum absolute atomic E-state index is 13.4. The summed E-state index contributed by atoms with van der Waals surface area (Å²) in [5.74, 6) is -0.0474. The molecule has 2 aromatic rings. The molecule has 1 aliphatic rings. The van der Waals surface area contributed by atoms with E-state index in [1.807, 2.05) is 7.05 Å². The molecule has 2 N–H and O–H groups in total. The lowest BCUT2D eigenvalue weighted by atomic mass is 10.0. The Morgan fingerprint density at radius 1 is 1.09 bits per heavy atom. The largest absolute Gasteiger partial charge is 0.491 e. The number of anilines is 2. The van der Waals surface area contributed by atoms with Crippen LogP contribution in [0.15, 0.2) is 42.5 Å². The predicted molar refractivity (Wildman–Crippen MR) is 130 cm³/mol. The van der Waals surface area contributed by atoms with E-state index in [1.165, 1.54) is 18.2 Å². The minimum absolute atomic E-state index is 0.120. The molecule has 2 aromatic carbocycles. The number of ether oxygens (including phenoxy) is 2. The minimum Gasteiger partial charge on any atom is -0.491 e. The van der Waals surface area contributed by atoms with E-state index in [1.54, 1.807) is 43.3 Å². The first-order valence-electron chi connectivity index (χ1n) is 11.3. The number of amides is 3. The molecule has 0 fully saturated rings. The van der Waals surface area contributed by atoms with Crippen molar-refractivity contribution >= 4 is 23.3 Å². The molecule has 0 saturated carbocycles. The Bertz CT molecular complexity index is 1020. The van der Waals surface area contributed by atoms with Crippen molar-refractivity contribution in [3.05, 3.63) is 53.8 Å². The number of rotatable bonds is 3. The monoisotopic (exact) mass is 472 g/mol. The van der Waals surface area contributed by atoms with Crippen LogP contribution in [0.25, 0.3) is 0 Å². The molecule has 0 saturated heterocycles. The summed E-state index contributed by atoms with van der Waals surface area (Å²) in [6, 6.07) is 10.1. The third-order valence-electron chi connectivity index (χ3n) is 6.10. The maximum Gasteiger partial charge on any atom is 0.323 e. The summed E-state index contributed by atoms with van der Waals surface area (Å²) in [4.78, 5) is 29.6. The number of methoxy groups -OCH3 is 1. The van der Waals surface area contributed by atoms with Crippen LogP contribution in [0.3, 0.4) is 0 Å².